The molecular formula is C16H21N3. The Morgan fingerprint density at radius 3 is 2.58 bits per heavy atom. The highest BCUT2D eigenvalue weighted by Gasteiger charge is 2.08. The quantitative estimate of drug-likeness (QED) is 0.913. The molecule has 0 saturated carbocycles. The second-order valence-electron chi connectivity index (χ2n) is 4.89. The molecule has 0 bridgehead atoms. The van der Waals surface area contributed by atoms with Gasteiger partial charge in [-0.05, 0) is 50.6 Å². The van der Waals surface area contributed by atoms with Gasteiger partial charge >= 0.3 is 0 Å². The summed E-state index contributed by atoms with van der Waals surface area (Å²) in [4.78, 5) is 8.98. The molecule has 3 heteroatoms. The lowest BCUT2D eigenvalue weighted by Gasteiger charge is -2.11. The van der Waals surface area contributed by atoms with E-state index in [2.05, 4.69) is 48.2 Å². The Morgan fingerprint density at radius 2 is 1.84 bits per heavy atom. The van der Waals surface area contributed by atoms with E-state index in [0.29, 0.717) is 0 Å². The van der Waals surface area contributed by atoms with E-state index in [9.17, 15) is 0 Å². The minimum Gasteiger partial charge on any atom is -0.319 e. The molecule has 0 fully saturated rings. The van der Waals surface area contributed by atoms with Gasteiger partial charge in [-0.3, -0.25) is 0 Å². The molecule has 0 unspecified atom stereocenters. The molecule has 19 heavy (non-hydrogen) atoms. The highest BCUT2D eigenvalue weighted by molar-refractivity contribution is 5.65. The van der Waals surface area contributed by atoms with Gasteiger partial charge in [0.15, 0.2) is 0 Å². The number of nitrogens with zero attached hydrogens (tertiary/aromatic N) is 2. The molecule has 100 valence electrons. The molecule has 1 aromatic carbocycles. The topological polar surface area (TPSA) is 37.8 Å². The summed E-state index contributed by atoms with van der Waals surface area (Å²) < 4.78 is 0. The van der Waals surface area contributed by atoms with Crippen molar-refractivity contribution in [3.63, 3.8) is 0 Å². The molecule has 1 N–H and O–H groups in total. The van der Waals surface area contributed by atoms with Crippen LogP contribution >= 0.6 is 0 Å². The van der Waals surface area contributed by atoms with Crippen LogP contribution in [0.25, 0.3) is 11.3 Å². The van der Waals surface area contributed by atoms with Gasteiger partial charge in [-0.1, -0.05) is 12.1 Å². The lowest BCUT2D eigenvalue weighted by molar-refractivity contribution is 0.756. The van der Waals surface area contributed by atoms with Crippen LogP contribution in [0.1, 0.15) is 22.5 Å². The number of rotatable bonds is 4. The minimum atomic E-state index is 0.855. The molecule has 0 aliphatic carbocycles. The van der Waals surface area contributed by atoms with Crippen LogP contribution in [-0.2, 0) is 6.42 Å². The number of benzene rings is 1. The molecule has 1 aromatic heterocycles. The SMILES string of the molecule is CNCCc1nccc(-c2ccc(C)c(C)c2C)n1. The van der Waals surface area contributed by atoms with Crippen LogP contribution in [0.15, 0.2) is 24.4 Å². The van der Waals surface area contributed by atoms with Crippen LogP contribution in [-0.4, -0.2) is 23.6 Å². The van der Waals surface area contributed by atoms with E-state index in [1.54, 1.807) is 0 Å². The Kier molecular flexibility index (Phi) is 4.27. The van der Waals surface area contributed by atoms with Crippen LogP contribution < -0.4 is 5.32 Å². The molecule has 0 amide bonds. The van der Waals surface area contributed by atoms with E-state index in [0.717, 1.165) is 24.5 Å². The summed E-state index contributed by atoms with van der Waals surface area (Å²) in [5.41, 5.74) is 6.19. The monoisotopic (exact) mass is 255 g/mol. The fourth-order valence-corrected chi connectivity index (χ4v) is 2.14. The van der Waals surface area contributed by atoms with Gasteiger partial charge in [0.25, 0.3) is 0 Å². The summed E-state index contributed by atoms with van der Waals surface area (Å²) >= 11 is 0. The molecule has 0 spiro atoms. The summed E-state index contributed by atoms with van der Waals surface area (Å²) in [5, 5.41) is 3.12. The molecule has 0 aliphatic heterocycles. The Balaban J connectivity index is 2.39. The van der Waals surface area contributed by atoms with Gasteiger partial charge in [0.2, 0.25) is 0 Å². The zero-order valence-corrected chi connectivity index (χ0v) is 12.1. The smallest absolute Gasteiger partial charge is 0.130 e. The lowest BCUT2D eigenvalue weighted by atomic mass is 9.97. The van der Waals surface area contributed by atoms with E-state index < -0.39 is 0 Å². The van der Waals surface area contributed by atoms with Crippen molar-refractivity contribution in [3.8, 4) is 11.3 Å². The second kappa shape index (κ2) is 5.93. The number of likely N-dealkylation sites (N-methyl/N-ethyl adjacent to an activating group) is 1. The number of aryl methyl sites for hydroxylation is 1. The van der Waals surface area contributed by atoms with E-state index in [4.69, 9.17) is 0 Å². The fourth-order valence-electron chi connectivity index (χ4n) is 2.14. The summed E-state index contributed by atoms with van der Waals surface area (Å²) in [6, 6.07) is 6.30. The molecule has 0 radical (unpaired) electrons. The van der Waals surface area contributed by atoms with Gasteiger partial charge in [-0.2, -0.15) is 0 Å². The molecule has 2 rings (SSSR count). The normalized spacial score (nSPS) is 10.7. The molecule has 0 atom stereocenters. The van der Waals surface area contributed by atoms with Gasteiger partial charge < -0.3 is 5.32 Å². The highest BCUT2D eigenvalue weighted by Crippen LogP contribution is 2.25. The fraction of sp³-hybridized carbons (Fsp3) is 0.375. The van der Waals surface area contributed by atoms with Crippen LogP contribution in [0, 0.1) is 20.8 Å². The van der Waals surface area contributed by atoms with Crippen molar-refractivity contribution in [3.05, 3.63) is 46.9 Å². The maximum absolute atomic E-state index is 4.66. The van der Waals surface area contributed by atoms with Gasteiger partial charge in [-0.15, -0.1) is 0 Å². The van der Waals surface area contributed by atoms with Crippen LogP contribution in [0.2, 0.25) is 0 Å². The van der Waals surface area contributed by atoms with Crippen LogP contribution in [0.3, 0.4) is 0 Å². The van der Waals surface area contributed by atoms with Crippen molar-refractivity contribution in [2.75, 3.05) is 13.6 Å². The maximum Gasteiger partial charge on any atom is 0.130 e. The first-order valence-electron chi connectivity index (χ1n) is 6.67. The van der Waals surface area contributed by atoms with Crippen molar-refractivity contribution < 1.29 is 0 Å². The third-order valence-electron chi connectivity index (χ3n) is 3.64. The number of nitrogens with one attached hydrogen (secondary N) is 1. The first-order valence-corrected chi connectivity index (χ1v) is 6.67. The molecular weight excluding hydrogens is 234 g/mol. The van der Waals surface area contributed by atoms with Crippen LogP contribution in [0.4, 0.5) is 0 Å². The van der Waals surface area contributed by atoms with Crippen molar-refractivity contribution in [2.45, 2.75) is 27.2 Å². The summed E-state index contributed by atoms with van der Waals surface area (Å²) in [6.45, 7) is 7.37. The van der Waals surface area contributed by atoms with E-state index in [1.165, 1.54) is 22.3 Å². The number of hydrogen-bond donors (Lipinski definition) is 1. The molecule has 1 heterocycles. The third-order valence-corrected chi connectivity index (χ3v) is 3.64. The average Bonchev–Trinajstić information content (AvgIpc) is 2.43. The average molecular weight is 255 g/mol. The number of hydrogen-bond acceptors (Lipinski definition) is 3. The Labute approximate surface area is 115 Å². The van der Waals surface area contributed by atoms with Gasteiger partial charge in [0.1, 0.15) is 5.82 Å². The number of aromatic nitrogens is 2. The summed E-state index contributed by atoms with van der Waals surface area (Å²) in [6.07, 6.45) is 2.70. The summed E-state index contributed by atoms with van der Waals surface area (Å²) in [7, 11) is 1.94. The Hall–Kier alpha value is -1.74. The van der Waals surface area contributed by atoms with E-state index in [1.807, 2.05) is 19.3 Å². The molecule has 0 saturated heterocycles. The molecule has 2 aromatic rings. The van der Waals surface area contributed by atoms with Gasteiger partial charge in [-0.25, -0.2) is 9.97 Å². The first kappa shape index (κ1) is 13.7. The zero-order chi connectivity index (χ0) is 13.8. The Morgan fingerprint density at radius 1 is 1.05 bits per heavy atom. The Bertz CT molecular complexity index is 576. The minimum absolute atomic E-state index is 0.855. The molecule has 0 aliphatic rings. The first-order chi connectivity index (χ1) is 9.13. The standard InChI is InChI=1S/C16H21N3/c1-11-5-6-14(13(3)12(11)2)15-7-10-18-16(19-15)8-9-17-4/h5-7,10,17H,8-9H2,1-4H3. The lowest BCUT2D eigenvalue weighted by Crippen LogP contribution is -2.12. The van der Waals surface area contributed by atoms with E-state index in [-0.39, 0.29) is 0 Å². The van der Waals surface area contributed by atoms with Crippen molar-refractivity contribution in [1.82, 2.24) is 15.3 Å². The predicted octanol–water partition coefficient (Wildman–Crippen LogP) is 2.83. The zero-order valence-electron chi connectivity index (χ0n) is 12.1. The van der Waals surface area contributed by atoms with E-state index >= 15 is 0 Å². The van der Waals surface area contributed by atoms with Crippen molar-refractivity contribution in [1.29, 1.82) is 0 Å². The van der Waals surface area contributed by atoms with Crippen LogP contribution in [0.5, 0.6) is 0 Å². The van der Waals surface area contributed by atoms with Crippen molar-refractivity contribution in [2.24, 2.45) is 0 Å². The summed E-state index contributed by atoms with van der Waals surface area (Å²) in [5.74, 6) is 0.893. The second-order valence-corrected chi connectivity index (χ2v) is 4.89. The van der Waals surface area contributed by atoms with Gasteiger partial charge in [0.05, 0.1) is 5.69 Å². The molecule has 3 nitrogen and oxygen atoms in total. The highest BCUT2D eigenvalue weighted by atomic mass is 14.9. The maximum atomic E-state index is 4.66. The van der Waals surface area contributed by atoms with Gasteiger partial charge in [0, 0.05) is 24.7 Å². The predicted molar refractivity (Wildman–Crippen MR) is 79.3 cm³/mol. The largest absolute Gasteiger partial charge is 0.319 e. The van der Waals surface area contributed by atoms with Crippen molar-refractivity contribution >= 4 is 0 Å². The third kappa shape index (κ3) is 2.99.